The van der Waals surface area contributed by atoms with Gasteiger partial charge in [-0.3, -0.25) is 14.5 Å². The van der Waals surface area contributed by atoms with E-state index in [2.05, 4.69) is 0 Å². The van der Waals surface area contributed by atoms with Crippen LogP contribution in [0.3, 0.4) is 0 Å². The molecule has 0 unspecified atom stereocenters. The lowest BCUT2D eigenvalue weighted by atomic mass is 9.81. The Morgan fingerprint density at radius 2 is 1.61 bits per heavy atom. The van der Waals surface area contributed by atoms with Crippen LogP contribution in [0.15, 0.2) is 29.2 Å². The largest absolute Gasteiger partial charge is 0.490 e. The van der Waals surface area contributed by atoms with Gasteiger partial charge in [-0.15, -0.1) is 0 Å². The monoisotopic (exact) mass is 452 g/mol. The highest BCUT2D eigenvalue weighted by molar-refractivity contribution is 7.89. The molecule has 1 heterocycles. The molecule has 2 fully saturated rings. The van der Waals surface area contributed by atoms with Crippen molar-refractivity contribution in [2.75, 3.05) is 27.3 Å². The van der Waals surface area contributed by atoms with Crippen molar-refractivity contribution in [2.24, 2.45) is 11.8 Å². The molecule has 1 aromatic rings. The number of benzene rings is 1. The molecule has 2 aliphatic rings. The zero-order valence-corrected chi connectivity index (χ0v) is 18.8. The van der Waals surface area contributed by atoms with E-state index in [-0.39, 0.29) is 41.8 Å². The SMILES string of the molecule is C[C@H](C(=O)OCCOc1ccc(S(=O)(=O)N(C)C)cc1)N1C(=O)[C@@H]2CCCC[C@H]2C1=O. The highest BCUT2D eigenvalue weighted by atomic mass is 32.2. The maximum Gasteiger partial charge on any atom is 0.329 e. The lowest BCUT2D eigenvalue weighted by molar-refractivity contribution is -0.158. The Balaban J connectivity index is 1.48. The van der Waals surface area contributed by atoms with Crippen LogP contribution in [0.4, 0.5) is 0 Å². The van der Waals surface area contributed by atoms with Crippen molar-refractivity contribution >= 4 is 27.8 Å². The Kier molecular flexibility index (Phi) is 7.00. The van der Waals surface area contributed by atoms with Crippen LogP contribution < -0.4 is 4.74 Å². The zero-order chi connectivity index (χ0) is 22.8. The van der Waals surface area contributed by atoms with Crippen molar-refractivity contribution in [1.29, 1.82) is 0 Å². The number of fused-ring (bicyclic) bond motifs is 1. The van der Waals surface area contributed by atoms with Gasteiger partial charge >= 0.3 is 5.97 Å². The van der Waals surface area contributed by atoms with Gasteiger partial charge in [-0.1, -0.05) is 12.8 Å². The second kappa shape index (κ2) is 9.35. The van der Waals surface area contributed by atoms with Gasteiger partial charge in [-0.05, 0) is 44.0 Å². The first-order valence-corrected chi connectivity index (χ1v) is 11.8. The van der Waals surface area contributed by atoms with Crippen LogP contribution in [0.2, 0.25) is 0 Å². The lowest BCUT2D eigenvalue weighted by Gasteiger charge is -2.21. The molecular weight excluding hydrogens is 424 g/mol. The lowest BCUT2D eigenvalue weighted by Crippen LogP contribution is -2.44. The first-order chi connectivity index (χ1) is 14.6. The second-order valence-corrected chi connectivity index (χ2v) is 10.1. The molecule has 1 aromatic carbocycles. The van der Waals surface area contributed by atoms with Crippen LogP contribution in [0.5, 0.6) is 5.75 Å². The third kappa shape index (κ3) is 4.74. The van der Waals surface area contributed by atoms with E-state index < -0.39 is 22.0 Å². The summed E-state index contributed by atoms with van der Waals surface area (Å²) >= 11 is 0. The highest BCUT2D eigenvalue weighted by Crippen LogP contribution is 2.38. The van der Waals surface area contributed by atoms with Crippen LogP contribution in [0, 0.1) is 11.8 Å². The minimum atomic E-state index is -3.52. The summed E-state index contributed by atoms with van der Waals surface area (Å²) in [4.78, 5) is 38.7. The number of carbonyl (C=O) groups is 3. The zero-order valence-electron chi connectivity index (χ0n) is 17.9. The van der Waals surface area contributed by atoms with E-state index in [9.17, 15) is 22.8 Å². The molecular formula is C21H28N2O7S. The van der Waals surface area contributed by atoms with Gasteiger partial charge in [0.2, 0.25) is 21.8 Å². The summed E-state index contributed by atoms with van der Waals surface area (Å²) in [6, 6.07) is 4.93. The van der Waals surface area contributed by atoms with Crippen molar-refractivity contribution in [3.63, 3.8) is 0 Å². The first kappa shape index (κ1) is 23.2. The highest BCUT2D eigenvalue weighted by Gasteiger charge is 2.51. The van der Waals surface area contributed by atoms with Crippen LogP contribution >= 0.6 is 0 Å². The van der Waals surface area contributed by atoms with E-state index in [1.165, 1.54) is 45.3 Å². The Hall–Kier alpha value is -2.46. The Morgan fingerprint density at radius 1 is 1.06 bits per heavy atom. The summed E-state index contributed by atoms with van der Waals surface area (Å²) in [5.41, 5.74) is 0. The Morgan fingerprint density at radius 3 is 2.13 bits per heavy atom. The predicted octanol–water partition coefficient (Wildman–Crippen LogP) is 1.42. The molecule has 2 amide bonds. The van der Waals surface area contributed by atoms with Crippen molar-refractivity contribution in [3.8, 4) is 5.75 Å². The van der Waals surface area contributed by atoms with Crippen molar-refractivity contribution in [3.05, 3.63) is 24.3 Å². The van der Waals surface area contributed by atoms with Crippen LogP contribution in [-0.2, 0) is 29.1 Å². The van der Waals surface area contributed by atoms with Crippen molar-refractivity contribution in [1.82, 2.24) is 9.21 Å². The number of ether oxygens (including phenoxy) is 2. The number of hydrogen-bond acceptors (Lipinski definition) is 7. The molecule has 1 saturated heterocycles. The van der Waals surface area contributed by atoms with E-state index in [1.54, 1.807) is 0 Å². The van der Waals surface area contributed by atoms with Gasteiger partial charge in [0.05, 0.1) is 16.7 Å². The summed E-state index contributed by atoms with van der Waals surface area (Å²) in [7, 11) is -0.615. The number of carbonyl (C=O) groups excluding carboxylic acids is 3. The minimum Gasteiger partial charge on any atom is -0.490 e. The Bertz CT molecular complexity index is 919. The fourth-order valence-electron chi connectivity index (χ4n) is 4.02. The number of hydrogen-bond donors (Lipinski definition) is 0. The average molecular weight is 453 g/mol. The number of imide groups is 1. The number of esters is 1. The molecule has 3 atom stereocenters. The fraction of sp³-hybridized carbons (Fsp3) is 0.571. The van der Waals surface area contributed by atoms with E-state index in [4.69, 9.17) is 9.47 Å². The molecule has 9 nitrogen and oxygen atoms in total. The molecule has 3 rings (SSSR count). The van der Waals surface area contributed by atoms with Crippen LogP contribution in [0.1, 0.15) is 32.6 Å². The fourth-order valence-corrected chi connectivity index (χ4v) is 4.92. The summed E-state index contributed by atoms with van der Waals surface area (Å²) in [6.07, 6.45) is 3.23. The molecule has 0 spiro atoms. The summed E-state index contributed by atoms with van der Waals surface area (Å²) < 4.78 is 35.9. The van der Waals surface area contributed by atoms with Gasteiger partial charge < -0.3 is 9.47 Å². The number of amides is 2. The maximum absolute atomic E-state index is 12.6. The summed E-state index contributed by atoms with van der Waals surface area (Å²) in [5.74, 6) is -1.39. The second-order valence-electron chi connectivity index (χ2n) is 7.99. The van der Waals surface area contributed by atoms with E-state index >= 15 is 0 Å². The molecule has 0 bridgehead atoms. The molecule has 1 saturated carbocycles. The maximum atomic E-state index is 12.6. The minimum absolute atomic E-state index is 0.0470. The van der Waals surface area contributed by atoms with E-state index in [0.29, 0.717) is 18.6 Å². The molecule has 31 heavy (non-hydrogen) atoms. The van der Waals surface area contributed by atoms with E-state index in [0.717, 1.165) is 22.0 Å². The molecule has 170 valence electrons. The first-order valence-electron chi connectivity index (χ1n) is 10.3. The standard InChI is InChI=1S/C21H28N2O7S/c1-14(23-19(24)17-6-4-5-7-18(17)20(23)25)21(26)30-13-12-29-15-8-10-16(11-9-15)31(27,28)22(2)3/h8-11,14,17-18H,4-7,12-13H2,1-3H3/t14-,17-,18-/m1/s1. The quantitative estimate of drug-likeness (QED) is 0.333. The third-order valence-corrected chi connectivity index (χ3v) is 7.63. The smallest absolute Gasteiger partial charge is 0.329 e. The van der Waals surface area contributed by atoms with Crippen molar-refractivity contribution < 1.29 is 32.3 Å². The number of sulfonamides is 1. The normalized spacial score (nSPS) is 22.4. The number of nitrogens with zero attached hydrogens (tertiary/aromatic N) is 2. The average Bonchev–Trinajstić information content (AvgIpc) is 3.01. The number of rotatable bonds is 8. The Labute approximate surface area is 182 Å². The van der Waals surface area contributed by atoms with Gasteiger partial charge in [0, 0.05) is 14.1 Å². The third-order valence-electron chi connectivity index (χ3n) is 5.80. The van der Waals surface area contributed by atoms with Crippen molar-refractivity contribution in [2.45, 2.75) is 43.5 Å². The van der Waals surface area contributed by atoms with Crippen LogP contribution in [0.25, 0.3) is 0 Å². The molecule has 0 aromatic heterocycles. The molecule has 0 radical (unpaired) electrons. The van der Waals surface area contributed by atoms with Gasteiger partial charge in [0.25, 0.3) is 0 Å². The molecule has 1 aliphatic heterocycles. The summed E-state index contributed by atoms with van der Waals surface area (Å²) in [5, 5.41) is 0. The molecule has 10 heteroatoms. The summed E-state index contributed by atoms with van der Waals surface area (Å²) in [6.45, 7) is 1.48. The predicted molar refractivity (Wildman–Crippen MR) is 111 cm³/mol. The molecule has 1 aliphatic carbocycles. The van der Waals surface area contributed by atoms with Gasteiger partial charge in [0.15, 0.2) is 0 Å². The van der Waals surface area contributed by atoms with E-state index in [1.807, 2.05) is 0 Å². The van der Waals surface area contributed by atoms with Gasteiger partial charge in [0.1, 0.15) is 25.0 Å². The molecule has 0 N–H and O–H groups in total. The van der Waals surface area contributed by atoms with Crippen LogP contribution in [-0.4, -0.2) is 68.8 Å². The topological polar surface area (TPSA) is 110 Å². The van der Waals surface area contributed by atoms with Gasteiger partial charge in [-0.2, -0.15) is 0 Å². The van der Waals surface area contributed by atoms with Gasteiger partial charge in [-0.25, -0.2) is 17.5 Å². The number of likely N-dealkylation sites (tertiary alicyclic amines) is 1.